The number of aliphatic hydroxyl groups is 1. The normalized spacial score (nSPS) is 17.7. The molecule has 3 unspecified atom stereocenters. The summed E-state index contributed by atoms with van der Waals surface area (Å²) in [7, 11) is 0. The SMILES string of the molecule is CC(C)C[C@H]1CN(c2ccc(C#CC(C)(C)O)c(C(=O)c3cccnc3N)n2)CCN1.Cc1ccc(-c2ccc(N3CCNC(c4ccccc4)C3)nc2C(=O)c2cccnc2N)o1.Cc1ccc(-c2ccc(N3CCN[C@@H](CC(C)C)C3)nc2C(=O)c2ccccc2N)o1.Nc1ncccc1C(=O)c1nc(N2CC3CCC(C2)N3)ccc1C(F)(F)F.[HH].[HH].[HH].[HH].[HH].[HH].[HH].[HH].[HH].[HH].[HH].[HH].[HH]. The minimum atomic E-state index is -4.70. The highest BCUT2D eigenvalue weighted by atomic mass is 19.4. The van der Waals surface area contributed by atoms with Gasteiger partial charge >= 0.3 is 6.18 Å². The van der Waals surface area contributed by atoms with Crippen molar-refractivity contribution in [1.29, 1.82) is 0 Å². The van der Waals surface area contributed by atoms with Crippen LogP contribution in [0.1, 0.15) is 184 Å². The molecule has 5 atom stereocenters. The third-order valence-corrected chi connectivity index (χ3v) is 21.6. The Bertz CT molecular complexity index is 5650. The first-order valence-electron chi connectivity index (χ1n) is 41.1. The van der Waals surface area contributed by atoms with E-state index < -0.39 is 28.8 Å². The van der Waals surface area contributed by atoms with Gasteiger partial charge in [-0.3, -0.25) is 19.2 Å². The summed E-state index contributed by atoms with van der Waals surface area (Å²) in [6.07, 6.45) is 4.01. The fourth-order valence-corrected chi connectivity index (χ4v) is 15.7. The lowest BCUT2D eigenvalue weighted by molar-refractivity contribution is -0.138. The van der Waals surface area contributed by atoms with Crippen LogP contribution in [0.4, 0.5) is 59.6 Å². The number of halogens is 3. The minimum absolute atomic E-state index is 0. The summed E-state index contributed by atoms with van der Waals surface area (Å²) < 4.78 is 52.1. The standard InChI is InChI=1S/C26H25N5O2.C25H30N4O2.C24H31N5O2.C18H18F3N5O.13H2/c1-17-9-11-22(33-17)19-10-12-23(30-24(19)25(32)20-8-5-13-29-26(20)27)31-15-14-28-21(16-31)18-6-3-2-4-7-18;1-16(2)14-18-15-29(13-12-27-18)23-11-9-20(22-10-8-17(3)31-22)24(28-23)25(30)19-6-4-5-7-21(19)26;1-16(2)14-18-15-29(13-12-26-18)20-8-7-17(9-10-24(3,4)31)21(28-20)22(30)19-6-5-11-27-23(19)25;19-18(20,21)13-5-6-14(26-8-10-3-4-11(9-26)24-10)25-15(13)16(27)12-2-1-7-23-17(12)22;;;;;;;;;;;;;/h2-13,21,28H,14-16H2,1H3,(H2,27,29);4-11,16,18,27H,12-15,26H2,1-3H3;5-8,11,16,18,26,31H,12-15H2,1-4H3,(H2,25,27);1-2,5-7,10-11,24H,3-4,8-9H2,(H2,22,23);13*1H/t;2*18-;;;;;;;;;;;;;;/m.00............../s1. The van der Waals surface area contributed by atoms with E-state index in [1.807, 2.05) is 104 Å². The Labute approximate surface area is 727 Å². The van der Waals surface area contributed by atoms with Gasteiger partial charge in [0.05, 0.1) is 27.8 Å². The van der Waals surface area contributed by atoms with E-state index in [1.54, 1.807) is 68.7 Å². The molecule has 5 fully saturated rings. The Morgan fingerprint density at radius 3 is 1.38 bits per heavy atom. The number of nitrogens with zero attached hydrogens (tertiary/aromatic N) is 11. The smallest absolute Gasteiger partial charge is 0.418 e. The number of hydrogen-bond acceptors (Lipinski definition) is 26. The fraction of sp³-hybridized carbons (Fsp3) is 0.344. The second kappa shape index (κ2) is 38.8. The lowest BCUT2D eigenvalue weighted by atomic mass is 10.00. The Balaban J connectivity index is 0.00000172. The van der Waals surface area contributed by atoms with E-state index >= 15 is 0 Å². The number of aryl methyl sites for hydroxylation is 2. The van der Waals surface area contributed by atoms with Crippen LogP contribution < -0.4 is 63.8 Å². The molecule has 122 heavy (non-hydrogen) atoms. The Morgan fingerprint density at radius 2 is 0.910 bits per heavy atom. The van der Waals surface area contributed by atoms with Crippen LogP contribution in [0, 0.1) is 37.5 Å². The summed E-state index contributed by atoms with van der Waals surface area (Å²) in [5, 5.41) is 24.2. The Morgan fingerprint density at radius 1 is 0.492 bits per heavy atom. The summed E-state index contributed by atoms with van der Waals surface area (Å²) in [5.41, 5.74) is 26.1. The van der Waals surface area contributed by atoms with Gasteiger partial charge in [-0.25, -0.2) is 34.9 Å². The molecule has 0 radical (unpaired) electrons. The van der Waals surface area contributed by atoms with Gasteiger partial charge in [-0.2, -0.15) is 13.2 Å². The van der Waals surface area contributed by atoms with E-state index in [0.29, 0.717) is 111 Å². The Kier molecular flexibility index (Phi) is 27.7. The molecule has 11 aromatic rings. The van der Waals surface area contributed by atoms with Crippen LogP contribution in [-0.2, 0) is 6.18 Å². The number of para-hydroxylation sites is 1. The van der Waals surface area contributed by atoms with Crippen LogP contribution in [0.3, 0.4) is 0 Å². The monoisotopic (exact) mass is 1680 g/mol. The number of anilines is 8. The molecule has 660 valence electrons. The number of nitrogen functional groups attached to an aromatic ring is 4. The van der Waals surface area contributed by atoms with Crippen LogP contribution >= 0.6 is 0 Å². The molecule has 26 nitrogen and oxygen atoms in total. The number of nitrogens with two attached hydrogens (primary N) is 4. The molecule has 29 heteroatoms. The van der Waals surface area contributed by atoms with Gasteiger partial charge in [0.15, 0.2) is 0 Å². The second-order valence-electron chi connectivity index (χ2n) is 32.5. The molecule has 5 aliphatic rings. The number of piperazine rings is 4. The van der Waals surface area contributed by atoms with Crippen LogP contribution in [0.5, 0.6) is 0 Å². The van der Waals surface area contributed by atoms with Gasteiger partial charge in [0.2, 0.25) is 23.1 Å². The van der Waals surface area contributed by atoms with Crippen molar-refractivity contribution >= 4 is 69.5 Å². The summed E-state index contributed by atoms with van der Waals surface area (Å²) in [6, 6.07) is 49.7. The highest BCUT2D eigenvalue weighted by Gasteiger charge is 2.40. The number of carbonyl (C=O) groups excluding carboxylic acids is 4. The van der Waals surface area contributed by atoms with Crippen molar-refractivity contribution in [3.8, 4) is 34.5 Å². The van der Waals surface area contributed by atoms with E-state index in [9.17, 15) is 37.5 Å². The third-order valence-electron chi connectivity index (χ3n) is 21.6. The van der Waals surface area contributed by atoms with Crippen molar-refractivity contribution < 1.29 is 64.8 Å². The molecule has 0 amide bonds. The molecule has 5 saturated heterocycles. The topological polar surface area (TPSA) is 370 Å². The van der Waals surface area contributed by atoms with Crippen molar-refractivity contribution in [2.24, 2.45) is 11.8 Å². The number of alkyl halides is 3. The van der Waals surface area contributed by atoms with Gasteiger partial charge in [0.25, 0.3) is 0 Å². The molecular weight excluding hydrogens is 1550 g/mol. The van der Waals surface area contributed by atoms with Gasteiger partial charge in [-0.15, -0.1) is 0 Å². The minimum Gasteiger partial charge on any atom is -0.461 e. The number of furan rings is 2. The molecule has 0 spiro atoms. The van der Waals surface area contributed by atoms with Gasteiger partial charge < -0.3 is 77.7 Å². The van der Waals surface area contributed by atoms with E-state index in [0.717, 1.165) is 120 Å². The second-order valence-corrected chi connectivity index (χ2v) is 32.5. The van der Waals surface area contributed by atoms with Crippen molar-refractivity contribution in [3.05, 3.63) is 256 Å². The summed E-state index contributed by atoms with van der Waals surface area (Å²) in [4.78, 5) is 92.1. The Hall–Kier alpha value is -12.7. The maximum atomic E-state index is 13.5. The van der Waals surface area contributed by atoms with Crippen LogP contribution in [0.15, 0.2) is 191 Å². The number of pyridine rings is 7. The van der Waals surface area contributed by atoms with Gasteiger partial charge in [0, 0.05) is 162 Å². The highest BCUT2D eigenvalue weighted by molar-refractivity contribution is 6.15. The molecule has 16 rings (SSSR count). The molecule has 5 aliphatic heterocycles. The zero-order valence-corrected chi connectivity index (χ0v) is 69.7. The van der Waals surface area contributed by atoms with Crippen molar-refractivity contribution in [2.75, 3.05) is 115 Å². The number of ketones is 4. The molecule has 14 heterocycles. The van der Waals surface area contributed by atoms with Crippen LogP contribution in [-0.4, -0.2) is 165 Å². The fourth-order valence-electron chi connectivity index (χ4n) is 15.7. The lowest BCUT2D eigenvalue weighted by Crippen LogP contribution is -2.51. The quantitative estimate of drug-likeness (QED) is 0.0206. The molecule has 9 aromatic heterocycles. The zero-order valence-electron chi connectivity index (χ0n) is 69.7. The van der Waals surface area contributed by atoms with E-state index in [4.69, 9.17) is 46.7 Å². The van der Waals surface area contributed by atoms with Gasteiger partial charge in [-0.05, 0) is 192 Å². The first-order valence-corrected chi connectivity index (χ1v) is 41.1. The third kappa shape index (κ3) is 21.7. The zero-order chi connectivity index (χ0) is 86.5. The first-order chi connectivity index (χ1) is 58.5. The first kappa shape index (κ1) is 87.1. The van der Waals surface area contributed by atoms with E-state index in [-0.39, 0.29) is 76.2 Å². The van der Waals surface area contributed by atoms with E-state index in [2.05, 4.69) is 108 Å². The molecule has 0 aliphatic carbocycles. The molecule has 13 N–H and O–H groups in total. The number of aromatic nitrogens is 7. The van der Waals surface area contributed by atoms with Crippen molar-refractivity contribution in [2.45, 2.75) is 123 Å². The number of nitrogens with one attached hydrogen (secondary N) is 4. The summed E-state index contributed by atoms with van der Waals surface area (Å²) in [6.45, 7) is 24.6. The van der Waals surface area contributed by atoms with Crippen LogP contribution in [0.2, 0.25) is 0 Å². The number of hydrogen-bond donors (Lipinski definition) is 9. The number of fused-ring (bicyclic) bond motifs is 2. The molecule has 0 saturated carbocycles. The average Bonchev–Trinajstić information content (AvgIpc) is 1.76. The maximum Gasteiger partial charge on any atom is 0.418 e. The highest BCUT2D eigenvalue weighted by Crippen LogP contribution is 2.38. The number of rotatable bonds is 19. The van der Waals surface area contributed by atoms with Crippen LogP contribution in [0.25, 0.3) is 22.6 Å². The van der Waals surface area contributed by atoms with Crippen molar-refractivity contribution in [3.63, 3.8) is 0 Å². The summed E-state index contributed by atoms with van der Waals surface area (Å²) >= 11 is 0. The van der Waals surface area contributed by atoms with E-state index in [1.165, 1.54) is 30.0 Å². The number of benzene rings is 2. The van der Waals surface area contributed by atoms with Crippen molar-refractivity contribution in [1.82, 2.24) is 56.2 Å². The molecule has 2 aromatic carbocycles. The molecular formula is C93H130F3N19O7. The van der Waals surface area contributed by atoms with Gasteiger partial charge in [-0.1, -0.05) is 82.0 Å². The lowest BCUT2D eigenvalue weighted by Gasteiger charge is -2.35. The summed E-state index contributed by atoms with van der Waals surface area (Å²) in [5.74, 6) is 10.9. The maximum absolute atomic E-state index is 13.5. The predicted octanol–water partition coefficient (Wildman–Crippen LogP) is 16.0. The molecule has 2 bridgehead atoms. The largest absolute Gasteiger partial charge is 0.461 e. The van der Waals surface area contributed by atoms with Gasteiger partial charge in [0.1, 0.15) is 92.1 Å². The number of carbonyl (C=O) groups is 4. The predicted molar refractivity (Wildman–Crippen MR) is 496 cm³/mol. The average molecular weight is 1680 g/mol.